The molecule has 0 saturated heterocycles. The minimum absolute atomic E-state index is 0. The Morgan fingerprint density at radius 1 is 1.31 bits per heavy atom. The van der Waals surface area contributed by atoms with E-state index in [2.05, 4.69) is 36.4 Å². The molecule has 98 valence electrons. The Hall–Kier alpha value is -0.0400. The molecule has 0 aliphatic rings. The lowest BCUT2D eigenvalue weighted by Crippen LogP contribution is -2.42. The van der Waals surface area contributed by atoms with Crippen LogP contribution in [0, 0.1) is 0 Å². The molecule has 0 aromatic rings. The number of nitrogens with zero attached hydrogens (tertiary/aromatic N) is 1. The van der Waals surface area contributed by atoms with E-state index in [0.717, 1.165) is 25.5 Å². The molecule has 0 saturated carbocycles. The Morgan fingerprint density at radius 3 is 2.50 bits per heavy atom. The summed E-state index contributed by atoms with van der Waals surface area (Å²) >= 11 is 0. The molecule has 0 amide bonds. The maximum atomic E-state index is 5.23. The average molecular weight is 343 g/mol. The van der Waals surface area contributed by atoms with Crippen LogP contribution >= 0.6 is 24.0 Å². The molecule has 4 nitrogen and oxygen atoms in total. The molecule has 0 rings (SSSR count). The Labute approximate surface area is 117 Å². The van der Waals surface area contributed by atoms with Crippen LogP contribution in [0.4, 0.5) is 0 Å². The van der Waals surface area contributed by atoms with Gasteiger partial charge >= 0.3 is 0 Å². The molecule has 0 fully saturated rings. The second kappa shape index (κ2) is 13.0. The lowest BCUT2D eigenvalue weighted by molar-refractivity contribution is 0.155. The van der Waals surface area contributed by atoms with Crippen LogP contribution in [0.5, 0.6) is 0 Å². The second-order valence-corrected chi connectivity index (χ2v) is 3.41. The highest BCUT2D eigenvalue weighted by atomic mass is 127. The van der Waals surface area contributed by atoms with Gasteiger partial charge in [0.05, 0.1) is 13.2 Å². The third-order valence-electron chi connectivity index (χ3n) is 2.05. The lowest BCUT2D eigenvalue weighted by atomic mass is 10.3. The summed E-state index contributed by atoms with van der Waals surface area (Å²) in [6.45, 7) is 11.4. The van der Waals surface area contributed by atoms with Crippen molar-refractivity contribution in [3.63, 3.8) is 0 Å². The Bertz CT molecular complexity index is 177. The van der Waals surface area contributed by atoms with E-state index in [0.29, 0.717) is 19.2 Å². The van der Waals surface area contributed by atoms with Crippen molar-refractivity contribution in [3.05, 3.63) is 0 Å². The number of guanidine groups is 1. The smallest absolute Gasteiger partial charge is 0.191 e. The molecule has 0 heterocycles. The van der Waals surface area contributed by atoms with Crippen molar-refractivity contribution in [2.24, 2.45) is 4.99 Å². The molecule has 16 heavy (non-hydrogen) atoms. The van der Waals surface area contributed by atoms with Crippen molar-refractivity contribution in [3.8, 4) is 0 Å². The number of halogens is 1. The van der Waals surface area contributed by atoms with Gasteiger partial charge in [-0.15, -0.1) is 24.0 Å². The van der Waals surface area contributed by atoms with Gasteiger partial charge in [0.2, 0.25) is 0 Å². The van der Waals surface area contributed by atoms with Crippen molar-refractivity contribution in [1.29, 1.82) is 0 Å². The van der Waals surface area contributed by atoms with Crippen LogP contribution < -0.4 is 10.6 Å². The van der Waals surface area contributed by atoms with E-state index in [-0.39, 0.29) is 24.0 Å². The first-order chi connectivity index (χ1) is 7.24. The van der Waals surface area contributed by atoms with Gasteiger partial charge in [-0.1, -0.05) is 6.92 Å². The van der Waals surface area contributed by atoms with Crippen LogP contribution in [0.15, 0.2) is 4.99 Å². The van der Waals surface area contributed by atoms with Gasteiger partial charge in [0.15, 0.2) is 5.96 Å². The molecule has 0 radical (unpaired) electrons. The summed E-state index contributed by atoms with van der Waals surface area (Å²) in [6.07, 6.45) is 1.09. The maximum Gasteiger partial charge on any atom is 0.191 e. The quantitative estimate of drug-likeness (QED) is 0.322. The Balaban J connectivity index is 0. The van der Waals surface area contributed by atoms with Crippen molar-refractivity contribution in [1.82, 2.24) is 10.6 Å². The molecule has 0 aliphatic heterocycles. The SMILES string of the molecule is CCNC(=NCCOCC)NC(C)CC.I. The van der Waals surface area contributed by atoms with Crippen molar-refractivity contribution >= 4 is 29.9 Å². The van der Waals surface area contributed by atoms with Crippen molar-refractivity contribution < 1.29 is 4.74 Å². The molecule has 5 heteroatoms. The second-order valence-electron chi connectivity index (χ2n) is 3.41. The molecule has 1 unspecified atom stereocenters. The zero-order chi connectivity index (χ0) is 11.5. The highest BCUT2D eigenvalue weighted by Crippen LogP contribution is 1.87. The van der Waals surface area contributed by atoms with Gasteiger partial charge in [0.25, 0.3) is 0 Å². The van der Waals surface area contributed by atoms with Crippen LogP contribution in [0.25, 0.3) is 0 Å². The molecular formula is C11H26IN3O. The fourth-order valence-electron chi connectivity index (χ4n) is 1.02. The molecule has 2 N–H and O–H groups in total. The van der Waals surface area contributed by atoms with Gasteiger partial charge in [-0.3, -0.25) is 4.99 Å². The van der Waals surface area contributed by atoms with E-state index in [1.807, 2.05) is 6.92 Å². The van der Waals surface area contributed by atoms with Crippen LogP contribution in [0.1, 0.15) is 34.1 Å². The number of nitrogens with one attached hydrogen (secondary N) is 2. The highest BCUT2D eigenvalue weighted by molar-refractivity contribution is 14.0. The minimum atomic E-state index is 0. The van der Waals surface area contributed by atoms with Gasteiger partial charge in [-0.25, -0.2) is 0 Å². The fourth-order valence-corrected chi connectivity index (χ4v) is 1.02. The topological polar surface area (TPSA) is 45.7 Å². The average Bonchev–Trinajstić information content (AvgIpc) is 2.24. The maximum absolute atomic E-state index is 5.23. The highest BCUT2D eigenvalue weighted by Gasteiger charge is 2.01. The number of rotatable bonds is 7. The minimum Gasteiger partial charge on any atom is -0.380 e. The van der Waals surface area contributed by atoms with E-state index in [9.17, 15) is 0 Å². The molecular weight excluding hydrogens is 317 g/mol. The summed E-state index contributed by atoms with van der Waals surface area (Å²) in [5.41, 5.74) is 0. The zero-order valence-electron chi connectivity index (χ0n) is 10.9. The van der Waals surface area contributed by atoms with Crippen LogP contribution in [-0.4, -0.2) is 38.3 Å². The van der Waals surface area contributed by atoms with E-state index < -0.39 is 0 Å². The largest absolute Gasteiger partial charge is 0.380 e. The third kappa shape index (κ3) is 10.5. The molecule has 1 atom stereocenters. The van der Waals surface area contributed by atoms with E-state index in [1.54, 1.807) is 0 Å². The predicted octanol–water partition coefficient (Wildman–Crippen LogP) is 1.99. The summed E-state index contributed by atoms with van der Waals surface area (Å²) in [7, 11) is 0. The standard InChI is InChI=1S/C11H25N3O.HI/c1-5-10(4)14-11(12-6-2)13-8-9-15-7-3;/h10H,5-9H2,1-4H3,(H2,12,13,14);1H. The first-order valence-electron chi connectivity index (χ1n) is 5.87. The van der Waals surface area contributed by atoms with Gasteiger partial charge in [-0.05, 0) is 27.2 Å². The summed E-state index contributed by atoms with van der Waals surface area (Å²) in [6, 6.07) is 0.454. The molecule has 0 aromatic heterocycles. The Kier molecular flexibility index (Phi) is 14.9. The summed E-state index contributed by atoms with van der Waals surface area (Å²) in [5, 5.41) is 6.54. The van der Waals surface area contributed by atoms with Crippen LogP contribution in [0.3, 0.4) is 0 Å². The number of hydrogen-bond acceptors (Lipinski definition) is 2. The summed E-state index contributed by atoms with van der Waals surface area (Å²) in [4.78, 5) is 4.41. The fraction of sp³-hybridized carbons (Fsp3) is 0.909. The van der Waals surface area contributed by atoms with Crippen molar-refractivity contribution in [2.75, 3.05) is 26.3 Å². The lowest BCUT2D eigenvalue weighted by Gasteiger charge is -2.16. The van der Waals surface area contributed by atoms with Gasteiger partial charge < -0.3 is 15.4 Å². The van der Waals surface area contributed by atoms with Crippen molar-refractivity contribution in [2.45, 2.75) is 40.2 Å². The molecule has 0 aliphatic carbocycles. The first kappa shape index (κ1) is 18.3. The zero-order valence-corrected chi connectivity index (χ0v) is 13.2. The number of aliphatic imine (C=N–C) groups is 1. The first-order valence-corrected chi connectivity index (χ1v) is 5.87. The van der Waals surface area contributed by atoms with Crippen LogP contribution in [-0.2, 0) is 4.74 Å². The molecule has 0 bridgehead atoms. The normalized spacial score (nSPS) is 12.9. The number of hydrogen-bond donors (Lipinski definition) is 2. The monoisotopic (exact) mass is 343 g/mol. The molecule has 0 spiro atoms. The van der Waals surface area contributed by atoms with E-state index in [4.69, 9.17) is 4.74 Å². The van der Waals surface area contributed by atoms with E-state index in [1.165, 1.54) is 0 Å². The van der Waals surface area contributed by atoms with Gasteiger partial charge in [0.1, 0.15) is 0 Å². The third-order valence-corrected chi connectivity index (χ3v) is 2.05. The number of ether oxygens (including phenoxy) is 1. The van der Waals surface area contributed by atoms with Crippen LogP contribution in [0.2, 0.25) is 0 Å². The van der Waals surface area contributed by atoms with E-state index >= 15 is 0 Å². The van der Waals surface area contributed by atoms with Gasteiger partial charge in [0, 0.05) is 19.2 Å². The van der Waals surface area contributed by atoms with Gasteiger partial charge in [-0.2, -0.15) is 0 Å². The Morgan fingerprint density at radius 2 is 2.00 bits per heavy atom. The summed E-state index contributed by atoms with van der Waals surface area (Å²) < 4.78 is 5.23. The molecule has 0 aromatic carbocycles. The predicted molar refractivity (Wildman–Crippen MR) is 80.8 cm³/mol. The summed E-state index contributed by atoms with van der Waals surface area (Å²) in [5.74, 6) is 0.881.